The lowest BCUT2D eigenvalue weighted by atomic mass is 9.95. The highest BCUT2D eigenvalue weighted by atomic mass is 127. The maximum absolute atomic E-state index is 11.3. The molecule has 2 aliphatic rings. The largest absolute Gasteiger partial charge is 0.493 e. The molecule has 1 amide bonds. The minimum Gasteiger partial charge on any atom is -0.493 e. The number of piperidine rings is 1. The van der Waals surface area contributed by atoms with Gasteiger partial charge < -0.3 is 25.4 Å². The predicted octanol–water partition coefficient (Wildman–Crippen LogP) is 3.30. The van der Waals surface area contributed by atoms with Gasteiger partial charge in [0.2, 0.25) is 5.91 Å². The number of nitrogens with zero attached hydrogens (tertiary/aromatic N) is 2. The number of amides is 1. The summed E-state index contributed by atoms with van der Waals surface area (Å²) in [6.45, 7) is 2.39. The van der Waals surface area contributed by atoms with Gasteiger partial charge in [-0.05, 0) is 62.1 Å². The quantitative estimate of drug-likeness (QED) is 0.321. The van der Waals surface area contributed by atoms with Crippen molar-refractivity contribution in [3.63, 3.8) is 0 Å². The Hall–Kier alpha value is -1.71. The molecule has 1 saturated carbocycles. The van der Waals surface area contributed by atoms with Gasteiger partial charge >= 0.3 is 0 Å². The van der Waals surface area contributed by atoms with Gasteiger partial charge in [-0.1, -0.05) is 6.07 Å². The number of ether oxygens (including phenoxy) is 2. The fourth-order valence-electron chi connectivity index (χ4n) is 4.33. The number of hydrogen-bond donors (Lipinski definition) is 2. The summed E-state index contributed by atoms with van der Waals surface area (Å²) < 4.78 is 11.7. The van der Waals surface area contributed by atoms with Crippen molar-refractivity contribution >= 4 is 35.8 Å². The second kappa shape index (κ2) is 12.2. The van der Waals surface area contributed by atoms with E-state index in [1.54, 1.807) is 14.2 Å². The normalized spacial score (nSPS) is 19.9. The Morgan fingerprint density at radius 1 is 1.23 bits per heavy atom. The van der Waals surface area contributed by atoms with Gasteiger partial charge in [-0.2, -0.15) is 0 Å². The summed E-state index contributed by atoms with van der Waals surface area (Å²) >= 11 is 0. The third-order valence-corrected chi connectivity index (χ3v) is 5.79. The molecule has 30 heavy (non-hydrogen) atoms. The van der Waals surface area contributed by atoms with Crippen LogP contribution in [0.15, 0.2) is 23.2 Å². The number of primary amides is 1. The van der Waals surface area contributed by atoms with Crippen LogP contribution < -0.4 is 20.5 Å². The molecule has 1 aliphatic carbocycles. The molecule has 0 spiro atoms. The Balaban J connectivity index is 0.00000320. The lowest BCUT2D eigenvalue weighted by Crippen LogP contribution is -2.46. The summed E-state index contributed by atoms with van der Waals surface area (Å²) in [7, 11) is 3.47. The number of likely N-dealkylation sites (tertiary alicyclic amines) is 1. The molecule has 1 aromatic carbocycles. The van der Waals surface area contributed by atoms with Crippen molar-refractivity contribution in [1.29, 1.82) is 0 Å². The molecular weight excluding hydrogens is 495 g/mol. The number of benzene rings is 1. The lowest BCUT2D eigenvalue weighted by Gasteiger charge is -2.34. The second-order valence-corrected chi connectivity index (χ2v) is 8.04. The van der Waals surface area contributed by atoms with E-state index in [0.29, 0.717) is 18.9 Å². The molecule has 2 fully saturated rings. The van der Waals surface area contributed by atoms with Crippen LogP contribution in [0, 0.1) is 5.92 Å². The van der Waals surface area contributed by atoms with Gasteiger partial charge in [0.1, 0.15) is 0 Å². The van der Waals surface area contributed by atoms with Crippen molar-refractivity contribution in [3.05, 3.63) is 23.8 Å². The lowest BCUT2D eigenvalue weighted by molar-refractivity contribution is -0.119. The molecule has 1 atom stereocenters. The molecule has 168 valence electrons. The minimum absolute atomic E-state index is 0. The molecule has 1 aromatic rings. The first-order valence-corrected chi connectivity index (χ1v) is 10.7. The van der Waals surface area contributed by atoms with Crippen LogP contribution in [0.3, 0.4) is 0 Å². The van der Waals surface area contributed by atoms with E-state index in [9.17, 15) is 4.79 Å². The zero-order valence-electron chi connectivity index (χ0n) is 18.1. The molecule has 0 aromatic heterocycles. The molecule has 3 rings (SSSR count). The number of carbonyl (C=O) groups excluding carboxylic acids is 1. The predicted molar refractivity (Wildman–Crippen MR) is 130 cm³/mol. The molecule has 1 heterocycles. The van der Waals surface area contributed by atoms with E-state index in [1.165, 1.54) is 12.8 Å². The molecule has 0 radical (unpaired) electrons. The number of rotatable bonds is 7. The van der Waals surface area contributed by atoms with E-state index >= 15 is 0 Å². The van der Waals surface area contributed by atoms with E-state index in [0.717, 1.165) is 61.8 Å². The number of methoxy groups -OCH3 is 1. The summed E-state index contributed by atoms with van der Waals surface area (Å²) in [6.07, 6.45) is 7.49. The van der Waals surface area contributed by atoms with Crippen LogP contribution in [0.5, 0.6) is 11.5 Å². The standard InChI is InChI=1S/C22H34N4O3.HI/c1-24-22(26-11-5-6-17(15-26)13-21(23)27)25-14-16-9-10-19(28-2)20(12-16)29-18-7-3-4-8-18;/h9-10,12,17-18H,3-8,11,13-15H2,1-2H3,(H2,23,27)(H,24,25);1H. The van der Waals surface area contributed by atoms with E-state index < -0.39 is 0 Å². The SMILES string of the molecule is CN=C(NCc1ccc(OC)c(OC2CCCC2)c1)N1CCCC(CC(N)=O)C1.I. The molecule has 1 unspecified atom stereocenters. The van der Waals surface area contributed by atoms with Crippen molar-refractivity contribution < 1.29 is 14.3 Å². The van der Waals surface area contributed by atoms with Gasteiger partial charge in [-0.25, -0.2) is 0 Å². The number of nitrogens with one attached hydrogen (secondary N) is 1. The van der Waals surface area contributed by atoms with Gasteiger partial charge in [0.25, 0.3) is 0 Å². The zero-order valence-corrected chi connectivity index (χ0v) is 20.4. The highest BCUT2D eigenvalue weighted by molar-refractivity contribution is 14.0. The van der Waals surface area contributed by atoms with Crippen LogP contribution in [-0.2, 0) is 11.3 Å². The monoisotopic (exact) mass is 530 g/mol. The molecule has 0 bridgehead atoms. The average Bonchev–Trinajstić information content (AvgIpc) is 3.21. The van der Waals surface area contributed by atoms with Crippen LogP contribution in [0.25, 0.3) is 0 Å². The number of halogens is 1. The highest BCUT2D eigenvalue weighted by Gasteiger charge is 2.24. The van der Waals surface area contributed by atoms with Crippen LogP contribution >= 0.6 is 24.0 Å². The van der Waals surface area contributed by atoms with E-state index in [-0.39, 0.29) is 36.0 Å². The first-order chi connectivity index (χ1) is 14.1. The van der Waals surface area contributed by atoms with Gasteiger partial charge in [-0.3, -0.25) is 9.79 Å². The molecule has 3 N–H and O–H groups in total. The smallest absolute Gasteiger partial charge is 0.217 e. The van der Waals surface area contributed by atoms with Crippen molar-refractivity contribution in [2.24, 2.45) is 16.6 Å². The summed E-state index contributed by atoms with van der Waals surface area (Å²) in [4.78, 5) is 17.9. The Labute approximate surface area is 196 Å². The van der Waals surface area contributed by atoms with Gasteiger partial charge in [0.05, 0.1) is 13.2 Å². The molecule has 1 aliphatic heterocycles. The van der Waals surface area contributed by atoms with E-state index in [4.69, 9.17) is 15.2 Å². The third kappa shape index (κ3) is 6.92. The number of guanidine groups is 1. The molecular formula is C22H35IN4O3. The maximum atomic E-state index is 11.3. The molecule has 7 nitrogen and oxygen atoms in total. The van der Waals surface area contributed by atoms with Crippen molar-refractivity contribution in [1.82, 2.24) is 10.2 Å². The van der Waals surface area contributed by atoms with Crippen molar-refractivity contribution in [2.45, 2.75) is 57.6 Å². The second-order valence-electron chi connectivity index (χ2n) is 8.04. The van der Waals surface area contributed by atoms with Gasteiger partial charge in [0, 0.05) is 33.1 Å². The Morgan fingerprint density at radius 3 is 2.67 bits per heavy atom. The van der Waals surface area contributed by atoms with Crippen LogP contribution in [0.4, 0.5) is 0 Å². The summed E-state index contributed by atoms with van der Waals surface area (Å²) in [6, 6.07) is 6.07. The highest BCUT2D eigenvalue weighted by Crippen LogP contribution is 2.32. The number of hydrogen-bond acceptors (Lipinski definition) is 4. The van der Waals surface area contributed by atoms with Crippen LogP contribution in [0.1, 0.15) is 50.5 Å². The Morgan fingerprint density at radius 2 is 2.00 bits per heavy atom. The van der Waals surface area contributed by atoms with Crippen LogP contribution in [0.2, 0.25) is 0 Å². The van der Waals surface area contributed by atoms with E-state index in [2.05, 4.69) is 21.3 Å². The third-order valence-electron chi connectivity index (χ3n) is 5.79. The molecule has 8 heteroatoms. The number of nitrogens with two attached hydrogens (primary N) is 1. The zero-order chi connectivity index (χ0) is 20.6. The Kier molecular flexibility index (Phi) is 10.0. The van der Waals surface area contributed by atoms with E-state index in [1.807, 2.05) is 12.1 Å². The van der Waals surface area contributed by atoms with Gasteiger partial charge in [0.15, 0.2) is 17.5 Å². The first kappa shape index (κ1) is 24.6. The Bertz CT molecular complexity index is 722. The summed E-state index contributed by atoms with van der Waals surface area (Å²) in [5.41, 5.74) is 6.50. The first-order valence-electron chi connectivity index (χ1n) is 10.7. The molecule has 1 saturated heterocycles. The maximum Gasteiger partial charge on any atom is 0.217 e. The summed E-state index contributed by atoms with van der Waals surface area (Å²) in [5, 5.41) is 3.45. The number of carbonyl (C=O) groups is 1. The van der Waals surface area contributed by atoms with Crippen LogP contribution in [-0.4, -0.2) is 50.1 Å². The fourth-order valence-corrected chi connectivity index (χ4v) is 4.33. The van der Waals surface area contributed by atoms with Crippen molar-refractivity contribution in [3.8, 4) is 11.5 Å². The number of aliphatic imine (C=N–C) groups is 1. The minimum atomic E-state index is -0.229. The summed E-state index contributed by atoms with van der Waals surface area (Å²) in [5.74, 6) is 2.51. The fraction of sp³-hybridized carbons (Fsp3) is 0.636. The van der Waals surface area contributed by atoms with Crippen molar-refractivity contribution in [2.75, 3.05) is 27.2 Å². The van der Waals surface area contributed by atoms with Gasteiger partial charge in [-0.15, -0.1) is 24.0 Å². The average molecular weight is 530 g/mol. The topological polar surface area (TPSA) is 89.2 Å².